The topological polar surface area (TPSA) is 122 Å². The molecule has 29 heavy (non-hydrogen) atoms. The molecule has 0 saturated carbocycles. The molecule has 0 aromatic rings. The number of carboxylic acid groups (broad SMARTS) is 1. The molecule has 1 unspecified atom stereocenters. The summed E-state index contributed by atoms with van der Waals surface area (Å²) >= 11 is 0. The first-order valence-electron chi connectivity index (χ1n) is 9.09. The summed E-state index contributed by atoms with van der Waals surface area (Å²) in [5.74, 6) is -1.97. The maximum absolute atomic E-state index is 12.7. The van der Waals surface area contributed by atoms with Crippen LogP contribution in [0.4, 0.5) is 0 Å². The Morgan fingerprint density at radius 2 is 1.10 bits per heavy atom. The van der Waals surface area contributed by atoms with Gasteiger partial charge >= 0.3 is 23.6 Å². The van der Waals surface area contributed by atoms with E-state index in [4.69, 9.17) is 31.3 Å². The van der Waals surface area contributed by atoms with E-state index in [9.17, 15) is 14.7 Å². The van der Waals surface area contributed by atoms with Crippen molar-refractivity contribution in [2.75, 3.05) is 62.9 Å². The summed E-state index contributed by atoms with van der Waals surface area (Å²) in [6, 6.07) is 0.940. The molecule has 0 aromatic heterocycles. The van der Waals surface area contributed by atoms with Gasteiger partial charge < -0.3 is 41.3 Å². The fourth-order valence-electron chi connectivity index (χ4n) is 2.89. The lowest BCUT2D eigenvalue weighted by Crippen LogP contribution is -2.47. The second kappa shape index (κ2) is 14.2. The first-order valence-corrected chi connectivity index (χ1v) is 13.0. The number of carbonyl (C=O) groups is 2. The van der Waals surface area contributed by atoms with E-state index in [1.807, 2.05) is 0 Å². The molecular formula is C16H35NO10Si2. The van der Waals surface area contributed by atoms with E-state index in [0.29, 0.717) is 24.9 Å². The Balaban J connectivity index is 5.16. The van der Waals surface area contributed by atoms with Crippen molar-refractivity contribution in [1.29, 1.82) is 0 Å². The van der Waals surface area contributed by atoms with Crippen molar-refractivity contribution < 1.29 is 46.0 Å². The van der Waals surface area contributed by atoms with Gasteiger partial charge in [0.15, 0.2) is 0 Å². The molecule has 0 fully saturated rings. The van der Waals surface area contributed by atoms with Gasteiger partial charge in [-0.15, -0.1) is 0 Å². The highest BCUT2D eigenvalue weighted by Gasteiger charge is 2.39. The molecule has 1 amide bonds. The molecule has 1 atom stereocenters. The van der Waals surface area contributed by atoms with Crippen LogP contribution in [0.15, 0.2) is 0 Å². The Bertz CT molecular complexity index is 446. The maximum atomic E-state index is 12.7. The summed E-state index contributed by atoms with van der Waals surface area (Å²) < 4.78 is 37.2. The Hall–Kier alpha value is -0.906. The number of carboxylic acids is 1. The zero-order valence-corrected chi connectivity index (χ0v) is 20.4. The molecule has 172 valence electrons. The smallest absolute Gasteiger partial charge is 0.479 e. The molecule has 0 saturated heterocycles. The Kier molecular flexibility index (Phi) is 13.7. The van der Waals surface area contributed by atoms with Crippen molar-refractivity contribution in [3.63, 3.8) is 0 Å². The normalized spacial score (nSPS) is 13.3. The molecule has 13 heteroatoms. The molecule has 11 nitrogen and oxygen atoms in total. The third kappa shape index (κ3) is 8.39. The van der Waals surface area contributed by atoms with Crippen LogP contribution in [0.25, 0.3) is 0 Å². The van der Waals surface area contributed by atoms with E-state index in [-0.39, 0.29) is 13.1 Å². The first-order chi connectivity index (χ1) is 13.7. The third-order valence-corrected chi connectivity index (χ3v) is 10.3. The van der Waals surface area contributed by atoms with Crippen LogP contribution in [0, 0.1) is 0 Å². The van der Waals surface area contributed by atoms with Gasteiger partial charge in [-0.05, 0) is 12.8 Å². The van der Waals surface area contributed by atoms with Gasteiger partial charge in [0.2, 0.25) is 6.10 Å². The number of methoxy groups -OCH3 is 1. The molecule has 0 aromatic carbocycles. The van der Waals surface area contributed by atoms with Crippen LogP contribution in [-0.4, -0.2) is 108 Å². The zero-order valence-electron chi connectivity index (χ0n) is 18.4. The lowest BCUT2D eigenvalue weighted by molar-refractivity contribution is -0.159. The third-order valence-electron chi connectivity index (χ3n) is 4.68. The minimum Gasteiger partial charge on any atom is -0.479 e. The Labute approximate surface area is 174 Å². The zero-order chi connectivity index (χ0) is 22.5. The van der Waals surface area contributed by atoms with Gasteiger partial charge in [0, 0.05) is 74.9 Å². The number of hydrogen-bond donors (Lipinski definition) is 1. The van der Waals surface area contributed by atoms with E-state index in [1.165, 1.54) is 54.7 Å². The van der Waals surface area contributed by atoms with Gasteiger partial charge in [-0.3, -0.25) is 4.79 Å². The van der Waals surface area contributed by atoms with Crippen LogP contribution in [0.1, 0.15) is 12.8 Å². The average Bonchev–Trinajstić information content (AvgIpc) is 2.74. The highest BCUT2D eigenvalue weighted by molar-refractivity contribution is 6.60. The monoisotopic (exact) mass is 457 g/mol. The van der Waals surface area contributed by atoms with Crippen LogP contribution in [0.5, 0.6) is 0 Å². The van der Waals surface area contributed by atoms with Crippen LogP contribution >= 0.6 is 0 Å². The van der Waals surface area contributed by atoms with Gasteiger partial charge in [-0.25, -0.2) is 4.79 Å². The van der Waals surface area contributed by atoms with Gasteiger partial charge in [-0.2, -0.15) is 0 Å². The van der Waals surface area contributed by atoms with Crippen molar-refractivity contribution in [3.8, 4) is 0 Å². The predicted molar refractivity (Wildman–Crippen MR) is 107 cm³/mol. The van der Waals surface area contributed by atoms with E-state index in [1.54, 1.807) is 0 Å². The summed E-state index contributed by atoms with van der Waals surface area (Å²) in [4.78, 5) is 25.5. The summed E-state index contributed by atoms with van der Waals surface area (Å²) in [6.45, 7) is 0.580. The second-order valence-electron chi connectivity index (χ2n) is 6.08. The highest BCUT2D eigenvalue weighted by atomic mass is 28.4. The van der Waals surface area contributed by atoms with E-state index >= 15 is 0 Å². The number of ether oxygens (including phenoxy) is 1. The summed E-state index contributed by atoms with van der Waals surface area (Å²) in [7, 11) is 4.67. The molecule has 0 rings (SSSR count). The van der Waals surface area contributed by atoms with Gasteiger partial charge in [0.25, 0.3) is 5.91 Å². The molecule has 0 aliphatic rings. The van der Waals surface area contributed by atoms with Crippen molar-refractivity contribution in [2.24, 2.45) is 0 Å². The highest BCUT2D eigenvalue weighted by Crippen LogP contribution is 2.18. The van der Waals surface area contributed by atoms with Crippen LogP contribution < -0.4 is 0 Å². The molecule has 0 heterocycles. The second-order valence-corrected chi connectivity index (χ2v) is 12.3. The largest absolute Gasteiger partial charge is 0.500 e. The molecule has 0 radical (unpaired) electrons. The van der Waals surface area contributed by atoms with Crippen molar-refractivity contribution in [1.82, 2.24) is 4.90 Å². The van der Waals surface area contributed by atoms with Gasteiger partial charge in [0.05, 0.1) is 0 Å². The predicted octanol–water partition coefficient (Wildman–Crippen LogP) is 0.451. The molecule has 1 N–H and O–H groups in total. The fraction of sp³-hybridized carbons (Fsp3) is 0.875. The summed E-state index contributed by atoms with van der Waals surface area (Å²) in [6.07, 6.45) is -0.561. The van der Waals surface area contributed by atoms with E-state index in [0.717, 1.165) is 0 Å². The lowest BCUT2D eigenvalue weighted by atomic mass is 10.2. The lowest BCUT2D eigenvalue weighted by Gasteiger charge is -2.29. The number of rotatable bonds is 17. The SMILES string of the molecule is COC(C(=O)O)C(=O)N(CCC[Si](OC)(OC)OC)CCC[Si](OC)(OC)OC. The quantitative estimate of drug-likeness (QED) is 0.243. The number of aliphatic carboxylic acids is 1. The standard InChI is InChI=1S/C16H35NO10Si2/c1-21-14(16(19)20)15(18)17(10-8-12-28(22-2,23-3)24-4)11-9-13-29(25-5,26-6)27-7/h14H,8-13H2,1-7H3,(H,19,20). The van der Waals surface area contributed by atoms with Gasteiger partial charge in [-0.1, -0.05) is 0 Å². The summed E-state index contributed by atoms with van der Waals surface area (Å²) in [5.41, 5.74) is 0. The number of nitrogens with zero attached hydrogens (tertiary/aromatic N) is 1. The van der Waals surface area contributed by atoms with Crippen LogP contribution in [0.3, 0.4) is 0 Å². The molecule has 0 spiro atoms. The van der Waals surface area contributed by atoms with E-state index < -0.39 is 35.6 Å². The number of amides is 1. The van der Waals surface area contributed by atoms with Crippen molar-refractivity contribution in [3.05, 3.63) is 0 Å². The molecule has 0 bridgehead atoms. The van der Waals surface area contributed by atoms with Gasteiger partial charge in [0.1, 0.15) is 0 Å². The minimum atomic E-state index is -2.79. The Morgan fingerprint density at radius 3 is 1.34 bits per heavy atom. The van der Waals surface area contributed by atoms with Crippen LogP contribution in [-0.2, 0) is 40.9 Å². The van der Waals surface area contributed by atoms with Crippen LogP contribution in [0.2, 0.25) is 12.1 Å². The molecule has 0 aliphatic heterocycles. The Morgan fingerprint density at radius 1 is 0.759 bits per heavy atom. The molecular weight excluding hydrogens is 422 g/mol. The average molecular weight is 458 g/mol. The van der Waals surface area contributed by atoms with E-state index in [2.05, 4.69) is 0 Å². The van der Waals surface area contributed by atoms with Crippen molar-refractivity contribution in [2.45, 2.75) is 31.0 Å². The fourth-order valence-corrected chi connectivity index (χ4v) is 6.30. The molecule has 0 aliphatic carbocycles. The minimum absolute atomic E-state index is 0.290. The first kappa shape index (κ1) is 28.1. The maximum Gasteiger partial charge on any atom is 0.500 e. The number of carbonyl (C=O) groups excluding carboxylic acids is 1. The number of hydrogen-bond acceptors (Lipinski definition) is 9. The van der Waals surface area contributed by atoms with Crippen molar-refractivity contribution >= 4 is 29.5 Å². The summed E-state index contributed by atoms with van der Waals surface area (Å²) in [5, 5.41) is 9.25.